The molecule has 13 heteroatoms. The lowest BCUT2D eigenvalue weighted by atomic mass is 10.0. The maximum Gasteiger partial charge on any atom is 0.328 e. The van der Waals surface area contributed by atoms with Crippen LogP contribution in [0, 0.1) is 5.92 Å². The molecular formula is C18H33N5O7S. The number of thiol groups is 1. The van der Waals surface area contributed by atoms with Gasteiger partial charge in [-0.15, -0.1) is 0 Å². The second-order valence-electron chi connectivity index (χ2n) is 7.61. The van der Waals surface area contributed by atoms with Crippen LogP contribution in [-0.4, -0.2) is 75.8 Å². The van der Waals surface area contributed by atoms with Gasteiger partial charge in [0.15, 0.2) is 6.04 Å². The number of carboxylic acids is 1. The van der Waals surface area contributed by atoms with Crippen molar-refractivity contribution < 1.29 is 34.2 Å². The molecule has 0 bridgehead atoms. The van der Waals surface area contributed by atoms with Crippen LogP contribution in [0.5, 0.6) is 0 Å². The van der Waals surface area contributed by atoms with Crippen molar-refractivity contribution in [3.63, 3.8) is 0 Å². The van der Waals surface area contributed by atoms with E-state index in [2.05, 4.69) is 28.6 Å². The minimum Gasteiger partial charge on any atom is -0.480 e. The summed E-state index contributed by atoms with van der Waals surface area (Å²) in [5, 5.41) is 25.5. The first-order valence-corrected chi connectivity index (χ1v) is 10.4. The van der Waals surface area contributed by atoms with E-state index in [4.69, 9.17) is 16.6 Å². The van der Waals surface area contributed by atoms with E-state index in [1.54, 1.807) is 0 Å². The molecule has 31 heavy (non-hydrogen) atoms. The van der Waals surface area contributed by atoms with Crippen LogP contribution in [0.1, 0.15) is 40.0 Å². The highest BCUT2D eigenvalue weighted by Gasteiger charge is 2.31. The van der Waals surface area contributed by atoms with Gasteiger partial charge in [0.05, 0.1) is 12.1 Å². The number of carbonyl (C=O) groups is 5. The van der Waals surface area contributed by atoms with Gasteiger partial charge in [-0.3, -0.25) is 19.2 Å². The summed E-state index contributed by atoms with van der Waals surface area (Å²) in [5.41, 5.74) is 10.9. The predicted molar refractivity (Wildman–Crippen MR) is 115 cm³/mol. The van der Waals surface area contributed by atoms with E-state index in [0.717, 1.165) is 0 Å². The Labute approximate surface area is 186 Å². The minimum atomic E-state index is -1.63. The molecule has 178 valence electrons. The maximum absolute atomic E-state index is 12.6. The molecule has 5 unspecified atom stereocenters. The van der Waals surface area contributed by atoms with Crippen molar-refractivity contribution in [2.24, 2.45) is 17.4 Å². The lowest BCUT2D eigenvalue weighted by molar-refractivity contribution is -0.145. The monoisotopic (exact) mass is 463 g/mol. The molecule has 0 spiro atoms. The van der Waals surface area contributed by atoms with Gasteiger partial charge < -0.3 is 37.6 Å². The number of hydrogen-bond acceptors (Lipinski definition) is 8. The lowest BCUT2D eigenvalue weighted by Gasteiger charge is -2.25. The van der Waals surface area contributed by atoms with Crippen LogP contribution in [0.4, 0.5) is 0 Å². The summed E-state index contributed by atoms with van der Waals surface area (Å²) >= 11 is 4.03. The fraction of sp³-hybridized carbons (Fsp3) is 0.722. The summed E-state index contributed by atoms with van der Waals surface area (Å²) in [6.07, 6.45) is -1.52. The van der Waals surface area contributed by atoms with Gasteiger partial charge in [-0.05, 0) is 25.7 Å². The van der Waals surface area contributed by atoms with Crippen molar-refractivity contribution in [3.05, 3.63) is 0 Å². The third kappa shape index (κ3) is 11.0. The Bertz CT molecular complexity index is 659. The molecule has 0 rings (SSSR count). The fourth-order valence-corrected chi connectivity index (χ4v) is 2.82. The Balaban J connectivity index is 5.31. The van der Waals surface area contributed by atoms with Gasteiger partial charge in [0.2, 0.25) is 23.6 Å². The molecule has 0 aromatic heterocycles. The number of amides is 4. The normalized spacial score (nSPS) is 15.8. The number of rotatable bonds is 14. The smallest absolute Gasteiger partial charge is 0.328 e. The Hall–Kier alpha value is -2.38. The Morgan fingerprint density at radius 1 is 0.935 bits per heavy atom. The molecule has 12 nitrogen and oxygen atoms in total. The number of primary amides is 1. The van der Waals surface area contributed by atoms with Crippen LogP contribution in [0.2, 0.25) is 0 Å². The molecule has 0 aliphatic carbocycles. The summed E-state index contributed by atoms with van der Waals surface area (Å²) in [6.45, 7) is 4.94. The quantitative estimate of drug-likeness (QED) is 0.128. The van der Waals surface area contributed by atoms with Gasteiger partial charge >= 0.3 is 5.97 Å². The van der Waals surface area contributed by atoms with Crippen LogP contribution in [0.3, 0.4) is 0 Å². The zero-order valence-electron chi connectivity index (χ0n) is 17.8. The highest BCUT2D eigenvalue weighted by molar-refractivity contribution is 7.80. The fourth-order valence-electron chi connectivity index (χ4n) is 2.56. The van der Waals surface area contributed by atoms with Crippen LogP contribution in [0.25, 0.3) is 0 Å². The highest BCUT2D eigenvalue weighted by Crippen LogP contribution is 2.05. The van der Waals surface area contributed by atoms with Crippen molar-refractivity contribution in [1.29, 1.82) is 0 Å². The van der Waals surface area contributed by atoms with Gasteiger partial charge in [-0.25, -0.2) is 4.79 Å². The van der Waals surface area contributed by atoms with E-state index < -0.39 is 59.9 Å². The number of carboxylic acid groups (broad SMARTS) is 1. The number of hydrogen-bond donors (Lipinski definition) is 8. The van der Waals surface area contributed by atoms with Gasteiger partial charge in [-0.2, -0.15) is 12.6 Å². The number of aliphatic hydroxyl groups excluding tert-OH is 1. The minimum absolute atomic E-state index is 0.110. The predicted octanol–water partition coefficient (Wildman–Crippen LogP) is -2.53. The van der Waals surface area contributed by atoms with E-state index in [1.807, 2.05) is 13.8 Å². The van der Waals surface area contributed by atoms with Crippen molar-refractivity contribution in [2.75, 3.05) is 5.75 Å². The Morgan fingerprint density at radius 3 is 1.87 bits per heavy atom. The first kappa shape index (κ1) is 28.6. The number of carbonyl (C=O) groups excluding carboxylic acids is 4. The van der Waals surface area contributed by atoms with E-state index in [-0.39, 0.29) is 24.5 Å². The second-order valence-corrected chi connectivity index (χ2v) is 7.98. The molecule has 0 fully saturated rings. The van der Waals surface area contributed by atoms with Crippen LogP contribution < -0.4 is 27.4 Å². The molecule has 0 heterocycles. The molecule has 0 aromatic rings. The molecule has 0 radical (unpaired) electrons. The Kier molecular flexibility index (Phi) is 12.8. The molecule has 0 aliphatic heterocycles. The zero-order chi connectivity index (χ0) is 24.3. The number of aliphatic hydroxyl groups is 1. The van der Waals surface area contributed by atoms with Crippen LogP contribution in [0.15, 0.2) is 0 Å². The SMILES string of the molecule is CC(C)CC(N)C(=O)NC(CS)C(=O)NC(CCC(N)=O)C(=O)NC(C(=O)O)C(C)O. The summed E-state index contributed by atoms with van der Waals surface area (Å²) in [6, 6.07) is -4.95. The van der Waals surface area contributed by atoms with Gasteiger partial charge in [-0.1, -0.05) is 13.8 Å². The van der Waals surface area contributed by atoms with Crippen molar-refractivity contribution in [2.45, 2.75) is 70.3 Å². The number of nitrogens with one attached hydrogen (secondary N) is 3. The average Bonchev–Trinajstić information content (AvgIpc) is 2.65. The summed E-state index contributed by atoms with van der Waals surface area (Å²) in [5.74, 6) is -4.47. The molecule has 0 saturated carbocycles. The number of nitrogens with two attached hydrogens (primary N) is 2. The van der Waals surface area contributed by atoms with Crippen molar-refractivity contribution in [3.8, 4) is 0 Å². The molecule has 0 aromatic carbocycles. The molecule has 5 atom stereocenters. The third-order valence-corrected chi connectivity index (χ3v) is 4.60. The van der Waals surface area contributed by atoms with E-state index in [0.29, 0.717) is 6.42 Å². The number of aliphatic carboxylic acids is 1. The van der Waals surface area contributed by atoms with E-state index in [1.165, 1.54) is 6.92 Å². The van der Waals surface area contributed by atoms with E-state index >= 15 is 0 Å². The standard InChI is InChI=1S/C18H33N5O7S/c1-8(2)6-10(19)15(26)22-12(7-31)17(28)21-11(4-5-13(20)25)16(27)23-14(9(3)24)18(29)30/h8-12,14,24,31H,4-7,19H2,1-3H3,(H2,20,25)(H,21,28)(H,22,26)(H,23,27)(H,29,30). The third-order valence-electron chi connectivity index (χ3n) is 4.24. The largest absolute Gasteiger partial charge is 0.480 e. The Morgan fingerprint density at radius 2 is 1.45 bits per heavy atom. The van der Waals surface area contributed by atoms with Crippen LogP contribution >= 0.6 is 12.6 Å². The second kappa shape index (κ2) is 13.8. The highest BCUT2D eigenvalue weighted by atomic mass is 32.1. The lowest BCUT2D eigenvalue weighted by Crippen LogP contribution is -2.58. The zero-order valence-corrected chi connectivity index (χ0v) is 18.7. The van der Waals surface area contributed by atoms with Crippen molar-refractivity contribution in [1.82, 2.24) is 16.0 Å². The maximum atomic E-state index is 12.6. The summed E-state index contributed by atoms with van der Waals surface area (Å²) in [7, 11) is 0. The van der Waals surface area contributed by atoms with Crippen molar-refractivity contribution >= 4 is 42.2 Å². The first-order valence-electron chi connectivity index (χ1n) is 9.76. The van der Waals surface area contributed by atoms with Gasteiger partial charge in [0.25, 0.3) is 0 Å². The van der Waals surface area contributed by atoms with Gasteiger partial charge in [0.1, 0.15) is 12.1 Å². The molecule has 0 saturated heterocycles. The molecule has 4 amide bonds. The molecule has 0 aliphatic rings. The topological polar surface area (TPSA) is 214 Å². The molecule has 9 N–H and O–H groups in total. The molecular weight excluding hydrogens is 430 g/mol. The average molecular weight is 464 g/mol. The van der Waals surface area contributed by atoms with E-state index in [9.17, 15) is 29.1 Å². The summed E-state index contributed by atoms with van der Waals surface area (Å²) in [4.78, 5) is 59.6. The van der Waals surface area contributed by atoms with Gasteiger partial charge in [0, 0.05) is 12.2 Å². The van der Waals surface area contributed by atoms with Crippen LogP contribution in [-0.2, 0) is 24.0 Å². The first-order chi connectivity index (χ1) is 14.3. The summed E-state index contributed by atoms with van der Waals surface area (Å²) < 4.78 is 0.